The Bertz CT molecular complexity index is 667. The Kier molecular flexibility index (Phi) is 6.61. The highest BCUT2D eigenvalue weighted by Crippen LogP contribution is 2.19. The highest BCUT2D eigenvalue weighted by molar-refractivity contribution is 5.81. The van der Waals surface area contributed by atoms with Gasteiger partial charge in [-0.1, -0.05) is 0 Å². The molecule has 0 bridgehead atoms. The van der Waals surface area contributed by atoms with Crippen LogP contribution in [-0.4, -0.2) is 59.5 Å². The van der Waals surface area contributed by atoms with E-state index < -0.39 is 0 Å². The smallest absolute Gasteiger partial charge is 0.293 e. The third-order valence-corrected chi connectivity index (χ3v) is 4.71. The number of hydrogen-bond acceptors (Lipinski definition) is 4. The summed E-state index contributed by atoms with van der Waals surface area (Å²) in [6, 6.07) is 3.25. The second-order valence-corrected chi connectivity index (χ2v) is 6.20. The Balaban J connectivity index is 2.05. The van der Waals surface area contributed by atoms with E-state index in [9.17, 15) is 14.4 Å². The quantitative estimate of drug-likeness (QED) is 0.767. The molecule has 7 heteroatoms. The molecule has 0 saturated carbocycles. The summed E-state index contributed by atoms with van der Waals surface area (Å²) in [5.41, 5.74) is -0.328. The number of nitrogens with zero attached hydrogens (tertiary/aromatic N) is 3. The molecule has 2 rings (SSSR count). The van der Waals surface area contributed by atoms with Gasteiger partial charge in [-0.25, -0.2) is 0 Å². The van der Waals surface area contributed by atoms with Crippen molar-refractivity contribution in [3.63, 3.8) is 0 Å². The van der Waals surface area contributed by atoms with Crippen molar-refractivity contribution in [3.05, 3.63) is 28.7 Å². The molecule has 2 amide bonds. The first kappa shape index (κ1) is 19.0. The molecule has 7 nitrogen and oxygen atoms in total. The molecule has 0 N–H and O–H groups in total. The molecule has 0 spiro atoms. The van der Waals surface area contributed by atoms with Crippen LogP contribution in [0.4, 0.5) is 0 Å². The number of likely N-dealkylation sites (tertiary alicyclic amines) is 1. The highest BCUT2D eigenvalue weighted by Gasteiger charge is 2.30. The zero-order chi connectivity index (χ0) is 18.4. The molecule has 25 heavy (non-hydrogen) atoms. The zero-order valence-corrected chi connectivity index (χ0v) is 15.2. The third-order valence-electron chi connectivity index (χ3n) is 4.71. The van der Waals surface area contributed by atoms with E-state index in [4.69, 9.17) is 4.74 Å². The van der Waals surface area contributed by atoms with Gasteiger partial charge in [-0.3, -0.25) is 14.4 Å². The Morgan fingerprint density at radius 2 is 2.04 bits per heavy atom. The van der Waals surface area contributed by atoms with Crippen molar-refractivity contribution in [2.75, 3.05) is 33.3 Å². The second kappa shape index (κ2) is 8.69. The first-order chi connectivity index (χ1) is 12.0. The number of carbonyl (C=O) groups excluding carboxylic acids is 2. The predicted octanol–water partition coefficient (Wildman–Crippen LogP) is 0.964. The van der Waals surface area contributed by atoms with Crippen LogP contribution in [0.25, 0.3) is 0 Å². The molecule has 1 aromatic heterocycles. The minimum Gasteiger partial charge on any atom is -0.491 e. The zero-order valence-electron chi connectivity index (χ0n) is 15.2. The average Bonchev–Trinajstić information content (AvgIpc) is 2.64. The van der Waals surface area contributed by atoms with E-state index in [1.807, 2.05) is 18.7 Å². The van der Waals surface area contributed by atoms with Crippen LogP contribution in [0.1, 0.15) is 26.7 Å². The largest absolute Gasteiger partial charge is 0.491 e. The van der Waals surface area contributed by atoms with Gasteiger partial charge in [-0.15, -0.1) is 0 Å². The molecule has 1 aliphatic heterocycles. The molecule has 0 aromatic carbocycles. The molecule has 0 radical (unpaired) electrons. The number of aromatic nitrogens is 1. The molecule has 138 valence electrons. The average molecular weight is 349 g/mol. The van der Waals surface area contributed by atoms with Gasteiger partial charge < -0.3 is 19.1 Å². The van der Waals surface area contributed by atoms with Gasteiger partial charge in [-0.05, 0) is 38.8 Å². The number of hydrogen-bond donors (Lipinski definition) is 0. The predicted molar refractivity (Wildman–Crippen MR) is 94.5 cm³/mol. The summed E-state index contributed by atoms with van der Waals surface area (Å²) in [6.07, 6.45) is 3.18. The van der Waals surface area contributed by atoms with E-state index in [0.717, 1.165) is 12.8 Å². The van der Waals surface area contributed by atoms with Gasteiger partial charge in [0.15, 0.2) is 5.75 Å². The van der Waals surface area contributed by atoms with Crippen LogP contribution >= 0.6 is 0 Å². The Labute approximate surface area is 148 Å². The topological polar surface area (TPSA) is 71.8 Å². The van der Waals surface area contributed by atoms with Gasteiger partial charge in [0.05, 0.1) is 13.0 Å². The first-order valence-corrected chi connectivity index (χ1v) is 8.81. The molecular weight excluding hydrogens is 322 g/mol. The normalized spacial score (nSPS) is 17.2. The molecule has 2 heterocycles. The van der Waals surface area contributed by atoms with E-state index in [0.29, 0.717) is 26.2 Å². The molecule has 0 aliphatic carbocycles. The minimum absolute atomic E-state index is 0.0395. The minimum atomic E-state index is -0.328. The fourth-order valence-electron chi connectivity index (χ4n) is 3.24. The first-order valence-electron chi connectivity index (χ1n) is 8.81. The van der Waals surface area contributed by atoms with Gasteiger partial charge >= 0.3 is 0 Å². The molecule has 1 saturated heterocycles. The van der Waals surface area contributed by atoms with Crippen molar-refractivity contribution in [2.45, 2.75) is 33.2 Å². The molecule has 1 fully saturated rings. The van der Waals surface area contributed by atoms with Crippen molar-refractivity contribution < 1.29 is 14.3 Å². The third kappa shape index (κ3) is 4.41. The highest BCUT2D eigenvalue weighted by atomic mass is 16.5. The summed E-state index contributed by atoms with van der Waals surface area (Å²) in [7, 11) is 1.43. The Hall–Kier alpha value is -2.31. The molecule has 1 unspecified atom stereocenters. The van der Waals surface area contributed by atoms with Crippen LogP contribution in [-0.2, 0) is 16.1 Å². The van der Waals surface area contributed by atoms with Crippen molar-refractivity contribution in [1.82, 2.24) is 14.4 Å². The van der Waals surface area contributed by atoms with Crippen LogP contribution in [0.15, 0.2) is 23.1 Å². The van der Waals surface area contributed by atoms with Gasteiger partial charge in [0.2, 0.25) is 11.8 Å². The number of ether oxygens (including phenoxy) is 1. The lowest BCUT2D eigenvalue weighted by atomic mass is 9.96. The summed E-state index contributed by atoms with van der Waals surface area (Å²) >= 11 is 0. The van der Waals surface area contributed by atoms with Crippen LogP contribution < -0.4 is 10.3 Å². The number of rotatable bonds is 6. The summed E-state index contributed by atoms with van der Waals surface area (Å²) in [6.45, 7) is 6.29. The van der Waals surface area contributed by atoms with Gasteiger partial charge in [0, 0.05) is 32.4 Å². The molecule has 1 aromatic rings. The number of pyridine rings is 1. The summed E-state index contributed by atoms with van der Waals surface area (Å²) in [5, 5.41) is 0. The number of carbonyl (C=O) groups is 2. The van der Waals surface area contributed by atoms with Crippen molar-refractivity contribution in [1.29, 1.82) is 0 Å². The van der Waals surface area contributed by atoms with Crippen LogP contribution in [0.5, 0.6) is 5.75 Å². The number of piperidine rings is 1. The van der Waals surface area contributed by atoms with Crippen LogP contribution in [0.3, 0.4) is 0 Å². The van der Waals surface area contributed by atoms with E-state index in [-0.39, 0.29) is 35.6 Å². The Morgan fingerprint density at radius 3 is 2.68 bits per heavy atom. The lowest BCUT2D eigenvalue weighted by Crippen LogP contribution is -2.48. The lowest BCUT2D eigenvalue weighted by Gasteiger charge is -2.34. The maximum absolute atomic E-state index is 12.6. The van der Waals surface area contributed by atoms with Crippen molar-refractivity contribution in [3.8, 4) is 5.75 Å². The molecule has 1 atom stereocenters. The van der Waals surface area contributed by atoms with E-state index in [1.54, 1.807) is 23.2 Å². The lowest BCUT2D eigenvalue weighted by molar-refractivity contribution is -0.140. The maximum atomic E-state index is 12.6. The standard InChI is InChI=1S/C18H27N3O4/c1-4-19(5-2)17(23)14-8-6-10-20(12-14)16(22)13-21-11-7-9-15(25-3)18(21)24/h7,9,11,14H,4-6,8,10,12-13H2,1-3H3. The van der Waals surface area contributed by atoms with Crippen LogP contribution in [0, 0.1) is 5.92 Å². The van der Waals surface area contributed by atoms with Crippen molar-refractivity contribution in [2.24, 2.45) is 5.92 Å². The monoisotopic (exact) mass is 349 g/mol. The van der Waals surface area contributed by atoms with Gasteiger partial charge in [0.1, 0.15) is 6.54 Å². The second-order valence-electron chi connectivity index (χ2n) is 6.20. The fraction of sp³-hybridized carbons (Fsp3) is 0.611. The Morgan fingerprint density at radius 1 is 1.32 bits per heavy atom. The summed E-state index contributed by atoms with van der Waals surface area (Å²) in [4.78, 5) is 40.8. The number of methoxy groups -OCH3 is 1. The summed E-state index contributed by atoms with van der Waals surface area (Å²) < 4.78 is 6.35. The van der Waals surface area contributed by atoms with E-state index in [1.165, 1.54) is 11.7 Å². The molecule has 1 aliphatic rings. The van der Waals surface area contributed by atoms with Gasteiger partial charge in [0.25, 0.3) is 5.56 Å². The maximum Gasteiger partial charge on any atom is 0.293 e. The van der Waals surface area contributed by atoms with Gasteiger partial charge in [-0.2, -0.15) is 0 Å². The van der Waals surface area contributed by atoms with E-state index in [2.05, 4.69) is 0 Å². The van der Waals surface area contributed by atoms with E-state index >= 15 is 0 Å². The number of amides is 2. The SMILES string of the molecule is CCN(CC)C(=O)C1CCCN(C(=O)Cn2cccc(OC)c2=O)C1. The van der Waals surface area contributed by atoms with Crippen LogP contribution in [0.2, 0.25) is 0 Å². The van der Waals surface area contributed by atoms with Crippen molar-refractivity contribution >= 4 is 11.8 Å². The molecular formula is C18H27N3O4. The fourth-order valence-corrected chi connectivity index (χ4v) is 3.24. The summed E-state index contributed by atoms with van der Waals surface area (Å²) in [5.74, 6) is 0.0246.